The van der Waals surface area contributed by atoms with Crippen LogP contribution < -0.4 is 0 Å². The summed E-state index contributed by atoms with van der Waals surface area (Å²) in [6.45, 7) is 7.02. The monoisotopic (exact) mass is 325 g/mol. The van der Waals surface area contributed by atoms with Crippen LogP contribution in [0.2, 0.25) is 0 Å². The lowest BCUT2D eigenvalue weighted by atomic mass is 9.97. The summed E-state index contributed by atoms with van der Waals surface area (Å²) in [6, 6.07) is 21.1. The van der Waals surface area contributed by atoms with Gasteiger partial charge in [0.1, 0.15) is 0 Å². The largest absolute Gasteiger partial charge is 0.469 e. The van der Waals surface area contributed by atoms with Gasteiger partial charge in [-0.2, -0.15) is 0 Å². The second-order valence-electron chi connectivity index (χ2n) is 6.30. The van der Waals surface area contributed by atoms with Gasteiger partial charge in [0.05, 0.1) is 13.0 Å². The van der Waals surface area contributed by atoms with Crippen molar-refractivity contribution in [3.63, 3.8) is 0 Å². The Balaban J connectivity index is 2.28. The molecule has 0 aliphatic rings. The van der Waals surface area contributed by atoms with E-state index >= 15 is 0 Å². The van der Waals surface area contributed by atoms with Crippen LogP contribution in [0.1, 0.15) is 37.9 Å². The lowest BCUT2D eigenvalue weighted by molar-refractivity contribution is -0.147. The van der Waals surface area contributed by atoms with E-state index < -0.39 is 0 Å². The van der Waals surface area contributed by atoms with Crippen LogP contribution in [0.5, 0.6) is 0 Å². The van der Waals surface area contributed by atoms with Crippen molar-refractivity contribution in [2.45, 2.75) is 39.4 Å². The SMILES string of the molecule is COC(=O)[C@@H](C)[C@@H](C)N(Cc1ccccc1)[C@H](C)c1ccccc1. The lowest BCUT2D eigenvalue weighted by Crippen LogP contribution is -2.42. The molecule has 0 heterocycles. The van der Waals surface area contributed by atoms with Gasteiger partial charge in [0, 0.05) is 18.6 Å². The standard InChI is InChI=1S/C21H27NO2/c1-16(21(23)24-4)17(2)22(15-19-11-7-5-8-12-19)18(3)20-13-9-6-10-14-20/h5-14,16-18H,15H2,1-4H3/t16-,17+,18+/m0/s1. The lowest BCUT2D eigenvalue weighted by Gasteiger charge is -2.37. The number of benzene rings is 2. The minimum Gasteiger partial charge on any atom is -0.469 e. The molecular formula is C21H27NO2. The fourth-order valence-corrected chi connectivity index (χ4v) is 3.02. The Bertz CT molecular complexity index is 627. The second kappa shape index (κ2) is 8.65. The zero-order valence-electron chi connectivity index (χ0n) is 15.0. The third-order valence-electron chi connectivity index (χ3n) is 4.81. The molecule has 0 aliphatic heterocycles. The predicted molar refractivity (Wildman–Crippen MR) is 97.5 cm³/mol. The number of esters is 1. The third kappa shape index (κ3) is 4.45. The van der Waals surface area contributed by atoms with Gasteiger partial charge in [0.25, 0.3) is 0 Å². The summed E-state index contributed by atoms with van der Waals surface area (Å²) in [4.78, 5) is 14.4. The van der Waals surface area contributed by atoms with Crippen LogP contribution in [-0.2, 0) is 16.1 Å². The number of nitrogens with zero attached hydrogens (tertiary/aromatic N) is 1. The van der Waals surface area contributed by atoms with E-state index in [-0.39, 0.29) is 24.0 Å². The molecule has 2 rings (SSSR count). The molecule has 0 fully saturated rings. The molecule has 2 aromatic rings. The number of hydrogen-bond acceptors (Lipinski definition) is 3. The van der Waals surface area contributed by atoms with Crippen molar-refractivity contribution in [2.75, 3.05) is 7.11 Å². The molecule has 3 heteroatoms. The summed E-state index contributed by atoms with van der Waals surface area (Å²) in [5, 5.41) is 0. The molecular weight excluding hydrogens is 298 g/mol. The molecule has 24 heavy (non-hydrogen) atoms. The minimum atomic E-state index is -0.190. The molecule has 3 nitrogen and oxygen atoms in total. The fraction of sp³-hybridized carbons (Fsp3) is 0.381. The number of hydrogen-bond donors (Lipinski definition) is 0. The van der Waals surface area contributed by atoms with Crippen molar-refractivity contribution in [1.29, 1.82) is 0 Å². The van der Waals surface area contributed by atoms with Crippen LogP contribution in [0.25, 0.3) is 0 Å². The number of methoxy groups -OCH3 is 1. The van der Waals surface area contributed by atoms with Crippen molar-refractivity contribution < 1.29 is 9.53 Å². The summed E-state index contributed by atoms with van der Waals surface area (Å²) >= 11 is 0. The highest BCUT2D eigenvalue weighted by atomic mass is 16.5. The zero-order chi connectivity index (χ0) is 17.5. The molecule has 0 aromatic heterocycles. The molecule has 0 bridgehead atoms. The van der Waals surface area contributed by atoms with Gasteiger partial charge >= 0.3 is 5.97 Å². The van der Waals surface area contributed by atoms with E-state index in [1.54, 1.807) is 0 Å². The van der Waals surface area contributed by atoms with Gasteiger partial charge in [-0.25, -0.2) is 0 Å². The van der Waals surface area contributed by atoms with Crippen LogP contribution in [0.15, 0.2) is 60.7 Å². The molecule has 3 atom stereocenters. The van der Waals surface area contributed by atoms with Gasteiger partial charge in [0.15, 0.2) is 0 Å². The van der Waals surface area contributed by atoms with Crippen molar-refractivity contribution in [1.82, 2.24) is 4.90 Å². The smallest absolute Gasteiger partial charge is 0.309 e. The van der Waals surface area contributed by atoms with Gasteiger partial charge in [-0.1, -0.05) is 67.6 Å². The minimum absolute atomic E-state index is 0.0628. The second-order valence-corrected chi connectivity index (χ2v) is 6.30. The van der Waals surface area contributed by atoms with Crippen LogP contribution in [0.3, 0.4) is 0 Å². The fourth-order valence-electron chi connectivity index (χ4n) is 3.02. The van der Waals surface area contributed by atoms with E-state index in [9.17, 15) is 4.79 Å². The highest BCUT2D eigenvalue weighted by Crippen LogP contribution is 2.28. The Morgan fingerprint density at radius 1 is 0.958 bits per heavy atom. The highest BCUT2D eigenvalue weighted by molar-refractivity contribution is 5.72. The number of carbonyl (C=O) groups is 1. The van der Waals surface area contributed by atoms with Crippen LogP contribution in [-0.4, -0.2) is 24.0 Å². The first kappa shape index (κ1) is 18.2. The molecule has 0 saturated carbocycles. The van der Waals surface area contributed by atoms with E-state index in [1.165, 1.54) is 18.2 Å². The van der Waals surface area contributed by atoms with E-state index in [0.29, 0.717) is 0 Å². The maximum absolute atomic E-state index is 12.0. The first-order valence-electron chi connectivity index (χ1n) is 8.47. The molecule has 0 saturated heterocycles. The van der Waals surface area contributed by atoms with Crippen LogP contribution in [0.4, 0.5) is 0 Å². The van der Waals surface area contributed by atoms with Crippen molar-refractivity contribution in [2.24, 2.45) is 5.92 Å². The van der Waals surface area contributed by atoms with Crippen LogP contribution in [0, 0.1) is 5.92 Å². The Morgan fingerprint density at radius 3 is 2.04 bits per heavy atom. The molecule has 0 spiro atoms. The summed E-state index contributed by atoms with van der Waals surface area (Å²) in [6.07, 6.45) is 0. The topological polar surface area (TPSA) is 29.5 Å². The molecule has 2 aromatic carbocycles. The van der Waals surface area contributed by atoms with Crippen molar-refractivity contribution in [3.05, 3.63) is 71.8 Å². The molecule has 0 amide bonds. The molecule has 0 N–H and O–H groups in total. The number of ether oxygens (including phenoxy) is 1. The Kier molecular flexibility index (Phi) is 6.56. The first-order chi connectivity index (χ1) is 11.5. The van der Waals surface area contributed by atoms with E-state index in [2.05, 4.69) is 67.3 Å². The first-order valence-corrected chi connectivity index (χ1v) is 8.47. The van der Waals surface area contributed by atoms with Gasteiger partial charge in [-0.05, 0) is 25.0 Å². The van der Waals surface area contributed by atoms with Crippen molar-refractivity contribution in [3.8, 4) is 0 Å². The number of carbonyl (C=O) groups excluding carboxylic acids is 1. The van der Waals surface area contributed by atoms with Gasteiger partial charge < -0.3 is 4.74 Å². The van der Waals surface area contributed by atoms with Gasteiger partial charge in [-0.15, -0.1) is 0 Å². The summed E-state index contributed by atoms with van der Waals surface area (Å²) in [7, 11) is 1.45. The van der Waals surface area contributed by atoms with Gasteiger partial charge in [-0.3, -0.25) is 9.69 Å². The normalized spacial score (nSPS) is 14.9. The Hall–Kier alpha value is -2.13. The average molecular weight is 325 g/mol. The summed E-state index contributed by atoms with van der Waals surface area (Å²) in [5.74, 6) is -0.356. The Labute approximate surface area is 145 Å². The summed E-state index contributed by atoms with van der Waals surface area (Å²) < 4.78 is 4.95. The predicted octanol–water partition coefficient (Wildman–Crippen LogP) is 4.45. The number of rotatable bonds is 7. The summed E-state index contributed by atoms with van der Waals surface area (Å²) in [5.41, 5.74) is 2.49. The average Bonchev–Trinajstić information content (AvgIpc) is 2.65. The Morgan fingerprint density at radius 2 is 1.50 bits per heavy atom. The maximum Gasteiger partial charge on any atom is 0.309 e. The molecule has 0 unspecified atom stereocenters. The van der Waals surface area contributed by atoms with Crippen molar-refractivity contribution >= 4 is 5.97 Å². The third-order valence-corrected chi connectivity index (χ3v) is 4.81. The van der Waals surface area contributed by atoms with E-state index in [1.807, 2.05) is 19.1 Å². The van der Waals surface area contributed by atoms with Crippen LogP contribution >= 0.6 is 0 Å². The van der Waals surface area contributed by atoms with Gasteiger partial charge in [0.2, 0.25) is 0 Å². The molecule has 0 radical (unpaired) electrons. The zero-order valence-corrected chi connectivity index (χ0v) is 15.0. The highest BCUT2D eigenvalue weighted by Gasteiger charge is 2.30. The quantitative estimate of drug-likeness (QED) is 0.705. The maximum atomic E-state index is 12.0. The molecule has 0 aliphatic carbocycles. The van der Waals surface area contributed by atoms with E-state index in [0.717, 1.165) is 6.54 Å². The molecule has 128 valence electrons. The van der Waals surface area contributed by atoms with E-state index in [4.69, 9.17) is 4.74 Å².